The molecule has 0 bridgehead atoms. The van der Waals surface area contributed by atoms with Crippen LogP contribution in [0.15, 0.2) is 24.3 Å². The molecule has 134 valence electrons. The topological polar surface area (TPSA) is 50.4 Å². The lowest BCUT2D eigenvalue weighted by Crippen LogP contribution is -2.41. The largest absolute Gasteiger partial charge is 0.497 e. The lowest BCUT2D eigenvalue weighted by Gasteiger charge is -2.31. The molecular formula is C17H23F3N2O2. The van der Waals surface area contributed by atoms with Crippen LogP contribution in [0.25, 0.3) is 0 Å². The molecule has 0 unspecified atom stereocenters. The summed E-state index contributed by atoms with van der Waals surface area (Å²) in [7, 11) is 1.58. The molecule has 24 heavy (non-hydrogen) atoms. The zero-order valence-corrected chi connectivity index (χ0v) is 13.7. The highest BCUT2D eigenvalue weighted by atomic mass is 19.4. The van der Waals surface area contributed by atoms with Crippen molar-refractivity contribution in [1.82, 2.24) is 5.32 Å². The van der Waals surface area contributed by atoms with Crippen LogP contribution in [0, 0.1) is 5.92 Å². The Hall–Kier alpha value is -1.92. The highest BCUT2D eigenvalue weighted by Crippen LogP contribution is 2.37. The number of ether oxygens (including phenoxy) is 1. The van der Waals surface area contributed by atoms with Gasteiger partial charge >= 0.3 is 6.18 Å². The number of rotatable bonds is 6. The van der Waals surface area contributed by atoms with Crippen LogP contribution < -0.4 is 15.4 Å². The highest BCUT2D eigenvalue weighted by molar-refractivity contribution is 5.76. The van der Waals surface area contributed by atoms with Crippen LogP contribution in [0.2, 0.25) is 0 Å². The third-order valence-corrected chi connectivity index (χ3v) is 4.27. The maximum absolute atomic E-state index is 12.8. The van der Waals surface area contributed by atoms with E-state index in [0.717, 1.165) is 11.4 Å². The van der Waals surface area contributed by atoms with E-state index in [9.17, 15) is 18.0 Å². The van der Waals surface area contributed by atoms with Gasteiger partial charge in [-0.25, -0.2) is 0 Å². The summed E-state index contributed by atoms with van der Waals surface area (Å²) in [6, 6.07) is 6.92. The number of alkyl halides is 3. The van der Waals surface area contributed by atoms with Crippen LogP contribution in [0.3, 0.4) is 0 Å². The van der Waals surface area contributed by atoms with Crippen molar-refractivity contribution in [1.29, 1.82) is 0 Å². The lowest BCUT2D eigenvalue weighted by atomic mass is 9.85. The predicted molar refractivity (Wildman–Crippen MR) is 86.0 cm³/mol. The first kappa shape index (κ1) is 18.4. The molecule has 0 heterocycles. The minimum Gasteiger partial charge on any atom is -0.497 e. The molecule has 2 atom stereocenters. The number of hydrogen-bond acceptors (Lipinski definition) is 3. The van der Waals surface area contributed by atoms with E-state index in [1.54, 1.807) is 7.11 Å². The van der Waals surface area contributed by atoms with E-state index in [-0.39, 0.29) is 31.2 Å². The van der Waals surface area contributed by atoms with E-state index in [1.165, 1.54) is 0 Å². The van der Waals surface area contributed by atoms with Gasteiger partial charge in [-0.2, -0.15) is 13.2 Å². The molecule has 1 aliphatic rings. The van der Waals surface area contributed by atoms with Crippen molar-refractivity contribution < 1.29 is 22.7 Å². The number of hydrogen-bond donors (Lipinski definition) is 2. The number of nitrogens with one attached hydrogen (secondary N) is 2. The van der Waals surface area contributed by atoms with Crippen LogP contribution >= 0.6 is 0 Å². The van der Waals surface area contributed by atoms with E-state index in [2.05, 4.69) is 10.6 Å². The van der Waals surface area contributed by atoms with Crippen LogP contribution in [-0.2, 0) is 4.79 Å². The summed E-state index contributed by atoms with van der Waals surface area (Å²) in [5.41, 5.74) is 0.860. The molecule has 2 rings (SSSR count). The van der Waals surface area contributed by atoms with Gasteiger partial charge in [-0.15, -0.1) is 0 Å². The second kappa shape index (κ2) is 8.26. The molecule has 7 heteroatoms. The highest BCUT2D eigenvalue weighted by Gasteiger charge is 2.42. The first-order valence-electron chi connectivity index (χ1n) is 8.12. The molecule has 0 saturated heterocycles. The minimum absolute atomic E-state index is 0.0127. The van der Waals surface area contributed by atoms with Gasteiger partial charge in [0.2, 0.25) is 5.91 Å². The fourth-order valence-electron chi connectivity index (χ4n) is 2.95. The molecule has 4 nitrogen and oxygen atoms in total. The van der Waals surface area contributed by atoms with Crippen LogP contribution in [0.4, 0.5) is 18.9 Å². The average Bonchev–Trinajstić information content (AvgIpc) is 2.55. The fraction of sp³-hybridized carbons (Fsp3) is 0.588. The van der Waals surface area contributed by atoms with Crippen molar-refractivity contribution in [2.45, 2.75) is 44.3 Å². The zero-order valence-electron chi connectivity index (χ0n) is 13.7. The van der Waals surface area contributed by atoms with Crippen LogP contribution in [0.1, 0.15) is 32.1 Å². The van der Waals surface area contributed by atoms with E-state index < -0.39 is 12.1 Å². The second-order valence-corrected chi connectivity index (χ2v) is 6.07. The maximum atomic E-state index is 12.8. The molecule has 1 aliphatic carbocycles. The van der Waals surface area contributed by atoms with E-state index in [4.69, 9.17) is 4.74 Å². The Morgan fingerprint density at radius 2 is 1.96 bits per heavy atom. The van der Waals surface area contributed by atoms with Crippen molar-refractivity contribution in [2.24, 2.45) is 5.92 Å². The number of benzene rings is 1. The summed E-state index contributed by atoms with van der Waals surface area (Å²) in [6.45, 7) is 0.424. The van der Waals surface area contributed by atoms with Gasteiger partial charge in [0, 0.05) is 24.7 Å². The van der Waals surface area contributed by atoms with Crippen molar-refractivity contribution in [3.8, 4) is 5.75 Å². The standard InChI is InChI=1S/C17H23F3N2O2/c1-24-15-7-5-13(6-8-15)21-10-9-16(23)22-14-4-2-3-12(11-14)17(18,19)20/h5-8,12,14,21H,2-4,9-11H2,1H3,(H,22,23)/t12-,14-/m1/s1. The SMILES string of the molecule is COc1ccc(NCCC(=O)N[C@@H]2CCC[C@@H](C(F)(F)F)C2)cc1. The zero-order chi connectivity index (χ0) is 17.6. The van der Waals surface area contributed by atoms with Gasteiger partial charge in [0.1, 0.15) is 5.75 Å². The molecule has 1 aromatic carbocycles. The first-order chi connectivity index (χ1) is 11.4. The monoisotopic (exact) mass is 344 g/mol. The Labute approximate surface area is 139 Å². The fourth-order valence-corrected chi connectivity index (χ4v) is 2.95. The summed E-state index contributed by atoms with van der Waals surface area (Å²) in [4.78, 5) is 11.9. The van der Waals surface area contributed by atoms with E-state index in [0.29, 0.717) is 19.4 Å². The van der Waals surface area contributed by atoms with Gasteiger partial charge in [0.05, 0.1) is 13.0 Å². The number of carbonyl (C=O) groups excluding carboxylic acids is 1. The first-order valence-corrected chi connectivity index (χ1v) is 8.12. The van der Waals surface area contributed by atoms with E-state index >= 15 is 0 Å². The summed E-state index contributed by atoms with van der Waals surface area (Å²) in [6.07, 6.45) is -2.68. The number of carbonyl (C=O) groups is 1. The van der Waals surface area contributed by atoms with Crippen molar-refractivity contribution in [3.05, 3.63) is 24.3 Å². The molecule has 1 amide bonds. The minimum atomic E-state index is -4.17. The van der Waals surface area contributed by atoms with Gasteiger partial charge < -0.3 is 15.4 Å². The van der Waals surface area contributed by atoms with Gasteiger partial charge in [-0.1, -0.05) is 6.42 Å². The molecular weight excluding hydrogens is 321 g/mol. The smallest absolute Gasteiger partial charge is 0.391 e. The van der Waals surface area contributed by atoms with Crippen molar-refractivity contribution in [3.63, 3.8) is 0 Å². The number of halogens is 3. The molecule has 1 saturated carbocycles. The third-order valence-electron chi connectivity index (χ3n) is 4.27. The van der Waals surface area contributed by atoms with Gasteiger partial charge in [0.15, 0.2) is 0 Å². The van der Waals surface area contributed by atoms with Crippen molar-refractivity contribution in [2.75, 3.05) is 19.0 Å². The second-order valence-electron chi connectivity index (χ2n) is 6.07. The van der Waals surface area contributed by atoms with Gasteiger partial charge in [-0.05, 0) is 43.5 Å². The average molecular weight is 344 g/mol. The van der Waals surface area contributed by atoms with Gasteiger partial charge in [0.25, 0.3) is 0 Å². The summed E-state index contributed by atoms with van der Waals surface area (Å²) >= 11 is 0. The van der Waals surface area contributed by atoms with E-state index in [1.807, 2.05) is 24.3 Å². The van der Waals surface area contributed by atoms with Gasteiger partial charge in [-0.3, -0.25) is 4.79 Å². The molecule has 2 N–H and O–H groups in total. The molecule has 0 radical (unpaired) electrons. The normalized spacial score (nSPS) is 21.2. The lowest BCUT2D eigenvalue weighted by molar-refractivity contribution is -0.184. The summed E-state index contributed by atoms with van der Waals surface area (Å²) < 4.78 is 43.4. The number of methoxy groups -OCH3 is 1. The number of anilines is 1. The maximum Gasteiger partial charge on any atom is 0.391 e. The number of amides is 1. The molecule has 1 fully saturated rings. The molecule has 0 spiro atoms. The third kappa shape index (κ3) is 5.62. The molecule has 0 aliphatic heterocycles. The Morgan fingerprint density at radius 1 is 1.25 bits per heavy atom. The summed E-state index contributed by atoms with van der Waals surface area (Å²) in [5.74, 6) is -0.771. The quantitative estimate of drug-likeness (QED) is 0.827. The predicted octanol–water partition coefficient (Wildman–Crippen LogP) is 3.73. The molecule has 0 aromatic heterocycles. The summed E-state index contributed by atoms with van der Waals surface area (Å²) in [5, 5.41) is 5.83. The molecule has 1 aromatic rings. The van der Waals surface area contributed by atoms with Crippen LogP contribution in [0.5, 0.6) is 5.75 Å². The Morgan fingerprint density at radius 3 is 2.58 bits per heavy atom. The van der Waals surface area contributed by atoms with Crippen molar-refractivity contribution >= 4 is 11.6 Å². The Bertz CT molecular complexity index is 532. The van der Waals surface area contributed by atoms with Crippen LogP contribution in [-0.4, -0.2) is 31.8 Å². The Balaban J connectivity index is 1.70. The Kier molecular flexibility index (Phi) is 6.34.